The summed E-state index contributed by atoms with van der Waals surface area (Å²) in [6.45, 7) is 4.03. The second-order valence-corrected chi connectivity index (χ2v) is 5.19. The van der Waals surface area contributed by atoms with Crippen LogP contribution in [0.2, 0.25) is 0 Å². The van der Waals surface area contributed by atoms with Crippen molar-refractivity contribution in [2.45, 2.75) is 25.1 Å². The van der Waals surface area contributed by atoms with Gasteiger partial charge < -0.3 is 4.74 Å². The number of methoxy groups -OCH3 is 1. The molecule has 0 saturated heterocycles. The molecule has 0 aliphatic rings. The average molecular weight is 271 g/mol. The van der Waals surface area contributed by atoms with Crippen molar-refractivity contribution in [3.8, 4) is 0 Å². The normalized spacial score (nSPS) is 12.3. The number of esters is 1. The van der Waals surface area contributed by atoms with Crippen LogP contribution in [0, 0.1) is 6.92 Å². The highest BCUT2D eigenvalue weighted by Crippen LogP contribution is 2.15. The maximum absolute atomic E-state index is 11.3. The van der Waals surface area contributed by atoms with Gasteiger partial charge in [0.1, 0.15) is 0 Å². The van der Waals surface area contributed by atoms with Crippen LogP contribution in [0.15, 0.2) is 18.2 Å². The Morgan fingerprint density at radius 3 is 2.67 bits per heavy atom. The second-order valence-electron chi connectivity index (χ2n) is 3.63. The number of hydrogen-bond acceptors (Lipinski definition) is 2. The Bertz CT molecular complexity index is 359. The average Bonchev–Trinajstić information content (AvgIpc) is 2.16. The molecule has 0 fully saturated rings. The van der Waals surface area contributed by atoms with Gasteiger partial charge in [-0.15, -0.1) is 0 Å². The van der Waals surface area contributed by atoms with Crippen LogP contribution in [0.25, 0.3) is 0 Å². The first kappa shape index (κ1) is 12.2. The van der Waals surface area contributed by atoms with Crippen molar-refractivity contribution in [1.82, 2.24) is 0 Å². The summed E-state index contributed by atoms with van der Waals surface area (Å²) in [7, 11) is 1.40. The number of benzene rings is 1. The highest BCUT2D eigenvalue weighted by Gasteiger charge is 2.09. The van der Waals surface area contributed by atoms with Crippen LogP contribution in [0.1, 0.15) is 28.4 Å². The molecule has 0 N–H and O–H groups in total. The molecule has 82 valence electrons. The van der Waals surface area contributed by atoms with Crippen molar-refractivity contribution in [1.29, 1.82) is 0 Å². The zero-order chi connectivity index (χ0) is 11.4. The van der Waals surface area contributed by atoms with Crippen molar-refractivity contribution in [3.63, 3.8) is 0 Å². The highest BCUT2D eigenvalue weighted by molar-refractivity contribution is 9.09. The van der Waals surface area contributed by atoms with Crippen LogP contribution >= 0.6 is 15.9 Å². The quantitative estimate of drug-likeness (QED) is 0.623. The van der Waals surface area contributed by atoms with E-state index in [0.717, 1.165) is 12.0 Å². The summed E-state index contributed by atoms with van der Waals surface area (Å²) in [6.07, 6.45) is 0.961. The van der Waals surface area contributed by atoms with E-state index in [9.17, 15) is 4.79 Å². The monoisotopic (exact) mass is 270 g/mol. The standard InChI is InChI=1S/C12H15BrO2/c1-8-6-10(7-9(2)13)4-5-11(8)12(14)15-3/h4-6,9H,7H2,1-3H3. The Hall–Kier alpha value is -0.830. The molecule has 1 aromatic carbocycles. The topological polar surface area (TPSA) is 26.3 Å². The number of rotatable bonds is 3. The van der Waals surface area contributed by atoms with Crippen LogP contribution in [-0.4, -0.2) is 17.9 Å². The minimum Gasteiger partial charge on any atom is -0.465 e. The first-order valence-electron chi connectivity index (χ1n) is 4.86. The largest absolute Gasteiger partial charge is 0.465 e. The number of ether oxygens (including phenoxy) is 1. The van der Waals surface area contributed by atoms with E-state index in [0.29, 0.717) is 10.4 Å². The molecule has 1 aromatic rings. The molecule has 0 heterocycles. The first-order chi connectivity index (χ1) is 7.04. The van der Waals surface area contributed by atoms with Crippen molar-refractivity contribution in [2.75, 3.05) is 7.11 Å². The lowest BCUT2D eigenvalue weighted by Gasteiger charge is -2.08. The fraction of sp³-hybridized carbons (Fsp3) is 0.417. The Kier molecular flexibility index (Phi) is 4.33. The van der Waals surface area contributed by atoms with E-state index in [1.807, 2.05) is 25.1 Å². The van der Waals surface area contributed by atoms with E-state index < -0.39 is 0 Å². The van der Waals surface area contributed by atoms with E-state index in [4.69, 9.17) is 0 Å². The summed E-state index contributed by atoms with van der Waals surface area (Å²) in [4.78, 5) is 11.8. The molecular weight excluding hydrogens is 256 g/mol. The molecule has 3 heteroatoms. The van der Waals surface area contributed by atoms with Gasteiger partial charge in [0.25, 0.3) is 0 Å². The van der Waals surface area contributed by atoms with Crippen LogP contribution in [0.5, 0.6) is 0 Å². The molecule has 0 aromatic heterocycles. The zero-order valence-corrected chi connectivity index (χ0v) is 10.8. The SMILES string of the molecule is COC(=O)c1ccc(CC(C)Br)cc1C. The third-order valence-corrected chi connectivity index (χ3v) is 2.54. The minimum absolute atomic E-state index is 0.272. The molecule has 1 atom stereocenters. The van der Waals surface area contributed by atoms with E-state index in [2.05, 4.69) is 27.6 Å². The van der Waals surface area contributed by atoms with E-state index in [1.54, 1.807) is 0 Å². The summed E-state index contributed by atoms with van der Waals surface area (Å²) in [5.41, 5.74) is 2.83. The first-order valence-corrected chi connectivity index (χ1v) is 5.78. The predicted octanol–water partition coefficient (Wildman–Crippen LogP) is 3.11. The fourth-order valence-electron chi connectivity index (χ4n) is 1.52. The third kappa shape index (κ3) is 3.34. The molecule has 0 amide bonds. The molecule has 0 spiro atoms. The van der Waals surface area contributed by atoms with Gasteiger partial charge in [-0.25, -0.2) is 4.79 Å². The minimum atomic E-state index is -0.272. The third-order valence-electron chi connectivity index (χ3n) is 2.21. The summed E-state index contributed by atoms with van der Waals surface area (Å²) >= 11 is 3.51. The van der Waals surface area contributed by atoms with Crippen molar-refractivity contribution in [3.05, 3.63) is 34.9 Å². The van der Waals surface area contributed by atoms with Gasteiger partial charge in [0.15, 0.2) is 0 Å². The van der Waals surface area contributed by atoms with Gasteiger partial charge in [-0.2, -0.15) is 0 Å². The summed E-state index contributed by atoms with van der Waals surface area (Å²) in [6, 6.07) is 5.83. The Labute approximate surface area is 98.8 Å². The second kappa shape index (κ2) is 5.31. The van der Waals surface area contributed by atoms with Gasteiger partial charge in [0, 0.05) is 4.83 Å². The van der Waals surface area contributed by atoms with Crippen LogP contribution < -0.4 is 0 Å². The van der Waals surface area contributed by atoms with E-state index in [-0.39, 0.29) is 5.97 Å². The van der Waals surface area contributed by atoms with Gasteiger partial charge >= 0.3 is 5.97 Å². The molecule has 0 radical (unpaired) electrons. The van der Waals surface area contributed by atoms with Crippen molar-refractivity contribution < 1.29 is 9.53 Å². The van der Waals surface area contributed by atoms with Crippen molar-refractivity contribution in [2.24, 2.45) is 0 Å². The molecule has 1 unspecified atom stereocenters. The highest BCUT2D eigenvalue weighted by atomic mass is 79.9. The summed E-state index contributed by atoms with van der Waals surface area (Å²) in [5.74, 6) is -0.272. The maximum Gasteiger partial charge on any atom is 0.338 e. The number of carbonyl (C=O) groups excluding carboxylic acids is 1. The molecule has 0 aliphatic heterocycles. The molecule has 0 saturated carbocycles. The van der Waals surface area contributed by atoms with E-state index >= 15 is 0 Å². The van der Waals surface area contributed by atoms with Crippen LogP contribution in [-0.2, 0) is 11.2 Å². The molecule has 1 rings (SSSR count). The number of halogens is 1. The number of alkyl halides is 1. The van der Waals surface area contributed by atoms with Crippen LogP contribution in [0.3, 0.4) is 0 Å². The number of carbonyl (C=O) groups is 1. The Morgan fingerprint density at radius 1 is 1.53 bits per heavy atom. The maximum atomic E-state index is 11.3. The molecule has 2 nitrogen and oxygen atoms in total. The lowest BCUT2D eigenvalue weighted by molar-refractivity contribution is 0.0600. The van der Waals surface area contributed by atoms with Gasteiger partial charge in [-0.05, 0) is 30.5 Å². The van der Waals surface area contributed by atoms with Crippen molar-refractivity contribution >= 4 is 21.9 Å². The number of hydrogen-bond donors (Lipinski definition) is 0. The lowest BCUT2D eigenvalue weighted by atomic mass is 10.0. The van der Waals surface area contributed by atoms with Gasteiger partial charge in [-0.3, -0.25) is 0 Å². The molecule has 15 heavy (non-hydrogen) atoms. The fourth-order valence-corrected chi connectivity index (χ4v) is 1.89. The van der Waals surface area contributed by atoms with Gasteiger partial charge in [0.05, 0.1) is 12.7 Å². The zero-order valence-electron chi connectivity index (χ0n) is 9.21. The smallest absolute Gasteiger partial charge is 0.338 e. The lowest BCUT2D eigenvalue weighted by Crippen LogP contribution is -2.05. The Morgan fingerprint density at radius 2 is 2.20 bits per heavy atom. The summed E-state index contributed by atoms with van der Waals surface area (Å²) in [5, 5.41) is 0. The molecular formula is C12H15BrO2. The Balaban J connectivity index is 2.93. The van der Waals surface area contributed by atoms with Crippen LogP contribution in [0.4, 0.5) is 0 Å². The van der Waals surface area contributed by atoms with E-state index in [1.165, 1.54) is 12.7 Å². The molecule has 0 aliphatic carbocycles. The van der Waals surface area contributed by atoms with Gasteiger partial charge in [-0.1, -0.05) is 35.0 Å². The predicted molar refractivity (Wildman–Crippen MR) is 64.6 cm³/mol. The van der Waals surface area contributed by atoms with Gasteiger partial charge in [0.2, 0.25) is 0 Å². The number of aryl methyl sites for hydroxylation is 1. The molecule has 0 bridgehead atoms. The summed E-state index contributed by atoms with van der Waals surface area (Å²) < 4.78 is 4.69.